The fourth-order valence-corrected chi connectivity index (χ4v) is 6.20. The van der Waals surface area contributed by atoms with Gasteiger partial charge in [-0.2, -0.15) is 0 Å². The lowest BCUT2D eigenvalue weighted by molar-refractivity contribution is 0.0813. The van der Waals surface area contributed by atoms with Crippen LogP contribution in [0.15, 0.2) is 29.8 Å². The van der Waals surface area contributed by atoms with E-state index in [0.29, 0.717) is 5.41 Å². The molecule has 1 radical (unpaired) electrons. The minimum Gasteiger partial charge on any atom is -0.439 e. The molecule has 3 aliphatic rings. The second kappa shape index (κ2) is 5.91. The summed E-state index contributed by atoms with van der Waals surface area (Å²) in [4.78, 5) is 0. The van der Waals surface area contributed by atoms with Gasteiger partial charge in [0, 0.05) is 0 Å². The first kappa shape index (κ1) is 14.5. The molecule has 23 heavy (non-hydrogen) atoms. The quantitative estimate of drug-likeness (QED) is 0.421. The molecule has 0 aromatic heterocycles. The van der Waals surface area contributed by atoms with Crippen molar-refractivity contribution in [2.45, 2.75) is 58.3 Å². The van der Waals surface area contributed by atoms with Crippen LogP contribution in [0.5, 0.6) is 5.75 Å². The molecule has 0 aliphatic heterocycles. The summed E-state index contributed by atoms with van der Waals surface area (Å²) in [6.07, 6.45) is 10.3. The predicted octanol–water partition coefficient (Wildman–Crippen LogP) is 5.33. The lowest BCUT2D eigenvalue weighted by Crippen LogP contribution is -2.40. The van der Waals surface area contributed by atoms with E-state index in [1.54, 1.807) is 11.1 Å². The highest BCUT2D eigenvalue weighted by Crippen LogP contribution is 2.62. The molecule has 0 bridgehead atoms. The zero-order valence-corrected chi connectivity index (χ0v) is 15.0. The second-order valence-corrected chi connectivity index (χ2v) is 8.12. The van der Waals surface area contributed by atoms with Gasteiger partial charge in [0.2, 0.25) is 7.09 Å². The van der Waals surface area contributed by atoms with Gasteiger partial charge in [0.05, 0.1) is 0 Å². The van der Waals surface area contributed by atoms with Crippen molar-refractivity contribution in [2.24, 2.45) is 17.3 Å². The molecule has 2 saturated carbocycles. The third-order valence-corrected chi connectivity index (χ3v) is 7.33. The van der Waals surface area contributed by atoms with E-state index in [1.807, 2.05) is 0 Å². The van der Waals surface area contributed by atoms with Gasteiger partial charge < -0.3 is 4.18 Å². The van der Waals surface area contributed by atoms with Crippen molar-refractivity contribution in [3.63, 3.8) is 0 Å². The highest BCUT2D eigenvalue weighted by molar-refractivity contribution is 8.16. The third-order valence-electron chi connectivity index (χ3n) is 7.04. The van der Waals surface area contributed by atoms with Gasteiger partial charge in [0.1, 0.15) is 5.75 Å². The van der Waals surface area contributed by atoms with E-state index in [4.69, 9.17) is 5.52 Å². The summed E-state index contributed by atoms with van der Waals surface area (Å²) in [6.45, 7) is 4.77. The smallest absolute Gasteiger partial charge is 0.227 e. The molecule has 0 spiro atoms. The van der Waals surface area contributed by atoms with Crippen LogP contribution in [0.4, 0.5) is 0 Å². The maximum Gasteiger partial charge on any atom is 0.227 e. The Bertz CT molecular complexity index is 661. The molecule has 121 valence electrons. The van der Waals surface area contributed by atoms with Gasteiger partial charge in [-0.25, -0.2) is 0 Å². The van der Waals surface area contributed by atoms with Gasteiger partial charge in [0.25, 0.3) is 0 Å². The number of fused-ring (bicyclic) bond motifs is 5. The molecular formula is C20H26BOS. The number of aryl methyl sites for hydroxylation is 1. The zero-order valence-electron chi connectivity index (χ0n) is 15.2. The number of allylic oxidation sites excluding steroid dienone is 2. The molecule has 0 N–H and O–H groups in total. The first-order valence-corrected chi connectivity index (χ1v) is 9.79. The summed E-state index contributed by atoms with van der Waals surface area (Å²) in [6, 6.07) is 6.61. The second-order valence-electron chi connectivity index (χ2n) is 7.76. The van der Waals surface area contributed by atoms with Crippen molar-refractivity contribution in [1.82, 2.24) is 0 Å². The average Bonchev–Trinajstić information content (AvgIpc) is 2.95. The van der Waals surface area contributed by atoms with Crippen LogP contribution in [-0.4, -0.2) is 8.42 Å². The summed E-state index contributed by atoms with van der Waals surface area (Å²) in [7, 11) is 1.23. The van der Waals surface area contributed by atoms with Gasteiger partial charge in [0.15, 0.2) is 0 Å². The van der Waals surface area contributed by atoms with Crippen molar-refractivity contribution in [3.05, 3.63) is 41.0 Å². The van der Waals surface area contributed by atoms with Gasteiger partial charge in [-0.1, -0.05) is 24.6 Å². The van der Waals surface area contributed by atoms with Crippen LogP contribution < -0.4 is 4.18 Å². The first-order chi connectivity index (χ1) is 11.7. The van der Waals surface area contributed by atoms with Crippen LogP contribution in [-0.2, 0) is 6.42 Å². The normalized spacial score (nSPS) is 37.6. The van der Waals surface area contributed by atoms with Crippen molar-refractivity contribution in [3.8, 4) is 5.75 Å². The first-order valence-electron chi connectivity index (χ1n) is 9.57. The Morgan fingerprint density at radius 1 is 1.35 bits per heavy atom. The van der Waals surface area contributed by atoms with Crippen LogP contribution in [0.25, 0.3) is 0 Å². The highest BCUT2D eigenvalue weighted by atomic mass is 32.2. The number of hydrogen-bond donors (Lipinski definition) is 0. The van der Waals surface area contributed by atoms with Crippen LogP contribution in [0.3, 0.4) is 0 Å². The van der Waals surface area contributed by atoms with Gasteiger partial charge in [-0.05, 0) is 105 Å². The molecular weight excluding hydrogens is 299 g/mol. The third kappa shape index (κ3) is 2.38. The molecule has 0 saturated heterocycles. The van der Waals surface area contributed by atoms with Crippen LogP contribution in [0.1, 0.15) is 63.0 Å². The Balaban J connectivity index is 1.61. The molecule has 4 unspecified atom stereocenters. The van der Waals surface area contributed by atoms with Gasteiger partial charge in [-0.3, -0.25) is 0 Å². The van der Waals surface area contributed by atoms with E-state index in [0.717, 1.165) is 35.4 Å². The molecule has 1 nitrogen and oxygen atoms in total. The molecule has 1 aromatic carbocycles. The van der Waals surface area contributed by atoms with E-state index in [1.165, 1.54) is 51.2 Å². The van der Waals surface area contributed by atoms with Crippen LogP contribution >= 0.6 is 11.9 Å². The largest absolute Gasteiger partial charge is 0.439 e. The Morgan fingerprint density at radius 2 is 2.26 bits per heavy atom. The van der Waals surface area contributed by atoms with Crippen molar-refractivity contribution >= 4 is 19.0 Å². The lowest BCUT2D eigenvalue weighted by atomic mass is 9.55. The molecule has 0 amide bonds. The highest BCUT2D eigenvalue weighted by Gasteiger charge is 2.52. The molecule has 0 heterocycles. The van der Waals surface area contributed by atoms with E-state index < -0.39 is 0 Å². The van der Waals surface area contributed by atoms with E-state index >= 15 is 0 Å². The molecule has 3 aliphatic carbocycles. The molecule has 4 rings (SSSR count). The van der Waals surface area contributed by atoms with E-state index in [2.05, 4.69) is 38.1 Å². The lowest BCUT2D eigenvalue weighted by Gasteiger charge is -2.49. The molecule has 4 atom stereocenters. The summed E-state index contributed by atoms with van der Waals surface area (Å²) < 4.78 is 12.6. The summed E-state index contributed by atoms with van der Waals surface area (Å²) in [5.74, 6) is 3.36. The SMILES string of the molecule is [3H][B]SOc1ccc2c(c1)CCC1C2CCC2(C)/C(=C/C)CCC12. The Labute approximate surface area is 147 Å². The molecule has 2 fully saturated rings. The Hall–Kier alpha value is -0.825. The average molecular weight is 327 g/mol. The minimum absolute atomic E-state index is 0.469. The molecule has 3 heteroatoms. The minimum atomic E-state index is 0.469. The zero-order chi connectivity index (χ0) is 16.7. The maximum atomic E-state index is 7.09. The topological polar surface area (TPSA) is 9.23 Å². The number of rotatable bonds is 3. The Kier molecular flexibility index (Phi) is 3.73. The van der Waals surface area contributed by atoms with Gasteiger partial charge in [-0.15, -0.1) is 0 Å². The van der Waals surface area contributed by atoms with E-state index in [-0.39, 0.29) is 0 Å². The number of benzene rings is 1. The van der Waals surface area contributed by atoms with Gasteiger partial charge >= 0.3 is 0 Å². The van der Waals surface area contributed by atoms with Crippen molar-refractivity contribution < 1.29 is 4.18 Å². The maximum absolute atomic E-state index is 7.09. The van der Waals surface area contributed by atoms with Crippen molar-refractivity contribution in [1.29, 1.82) is 1.34 Å². The fraction of sp³-hybridized carbons (Fsp3) is 0.600. The van der Waals surface area contributed by atoms with Crippen LogP contribution in [0, 0.1) is 17.3 Å². The fourth-order valence-electron chi connectivity index (χ4n) is 5.99. The van der Waals surface area contributed by atoms with E-state index in [9.17, 15) is 0 Å². The Morgan fingerprint density at radius 3 is 3.09 bits per heavy atom. The summed E-state index contributed by atoms with van der Waals surface area (Å²) in [5.41, 5.74) is 5.25. The predicted molar refractivity (Wildman–Crippen MR) is 100 cm³/mol. The summed E-state index contributed by atoms with van der Waals surface area (Å²) in [5, 5.41) is 0. The monoisotopic (exact) mass is 327 g/mol. The number of hydrogen-bond acceptors (Lipinski definition) is 2. The van der Waals surface area contributed by atoms with Crippen molar-refractivity contribution in [2.75, 3.05) is 0 Å². The molecule has 1 aromatic rings. The summed E-state index contributed by atoms with van der Waals surface area (Å²) >= 11 is 1.08. The standard InChI is InChI=1S/C20H26BOS/c1-3-14-5-9-19-18-7-4-13-12-15(22-23-21)6-8-16(13)17(18)10-11-20(14,19)2/h3,6,8,12,17-19,21H,4-5,7,9-11H2,1-2H3/b14-3+/i21T. The van der Waals surface area contributed by atoms with Crippen LogP contribution in [0.2, 0.25) is 0 Å².